The first-order valence-corrected chi connectivity index (χ1v) is 6.57. The molecule has 0 fully saturated rings. The topological polar surface area (TPSA) is 12.9 Å². The summed E-state index contributed by atoms with van der Waals surface area (Å²) in [7, 11) is 0. The minimum atomic E-state index is 0.594. The average Bonchev–Trinajstić information content (AvgIpc) is 2.77. The van der Waals surface area contributed by atoms with Gasteiger partial charge in [0.25, 0.3) is 0 Å². The Bertz CT molecular complexity index is 454. The molecule has 2 heteroatoms. The lowest BCUT2D eigenvalue weighted by molar-refractivity contribution is 0.867. The third-order valence-corrected chi connectivity index (χ3v) is 3.92. The van der Waals surface area contributed by atoms with Gasteiger partial charge >= 0.3 is 0 Å². The van der Waals surface area contributed by atoms with Crippen molar-refractivity contribution in [1.29, 1.82) is 0 Å². The Morgan fingerprint density at radius 3 is 2.38 bits per heavy atom. The summed E-state index contributed by atoms with van der Waals surface area (Å²) in [6.45, 7) is 6.60. The highest BCUT2D eigenvalue weighted by Gasteiger charge is 2.04. The van der Waals surface area contributed by atoms with E-state index < -0.39 is 0 Å². The highest BCUT2D eigenvalue weighted by Crippen LogP contribution is 2.26. The van der Waals surface area contributed by atoms with E-state index in [1.807, 2.05) is 6.20 Å². The van der Waals surface area contributed by atoms with Gasteiger partial charge in [0.05, 0.1) is 0 Å². The number of thiazole rings is 1. The van der Waals surface area contributed by atoms with Crippen LogP contribution in [0.25, 0.3) is 10.6 Å². The Morgan fingerprint density at radius 2 is 1.88 bits per heavy atom. The van der Waals surface area contributed by atoms with E-state index in [-0.39, 0.29) is 0 Å². The lowest BCUT2D eigenvalue weighted by Gasteiger charge is -2.05. The van der Waals surface area contributed by atoms with Crippen molar-refractivity contribution in [2.75, 3.05) is 0 Å². The van der Waals surface area contributed by atoms with E-state index in [4.69, 9.17) is 0 Å². The highest BCUT2D eigenvalue weighted by atomic mass is 32.1. The van der Waals surface area contributed by atoms with Crippen molar-refractivity contribution in [2.24, 2.45) is 0 Å². The van der Waals surface area contributed by atoms with E-state index in [1.165, 1.54) is 16.0 Å². The molecule has 0 radical (unpaired) electrons. The average molecular weight is 231 g/mol. The SMILES string of the molecule is CCc1cnc(-c2ccc(C(C)C)cc2)s1. The minimum absolute atomic E-state index is 0.594. The number of hydrogen-bond acceptors (Lipinski definition) is 2. The van der Waals surface area contributed by atoms with Crippen LogP contribution >= 0.6 is 11.3 Å². The fourth-order valence-electron chi connectivity index (χ4n) is 1.62. The third kappa shape index (κ3) is 2.33. The number of rotatable bonds is 3. The van der Waals surface area contributed by atoms with Gasteiger partial charge in [-0.25, -0.2) is 4.98 Å². The summed E-state index contributed by atoms with van der Waals surface area (Å²) >= 11 is 1.79. The second kappa shape index (κ2) is 4.79. The molecule has 0 spiro atoms. The molecule has 0 N–H and O–H groups in total. The number of hydrogen-bond donors (Lipinski definition) is 0. The zero-order chi connectivity index (χ0) is 11.5. The quantitative estimate of drug-likeness (QED) is 0.758. The van der Waals surface area contributed by atoms with Crippen molar-refractivity contribution in [3.63, 3.8) is 0 Å². The predicted molar refractivity (Wildman–Crippen MR) is 71.0 cm³/mol. The molecular formula is C14H17NS. The van der Waals surface area contributed by atoms with Crippen LogP contribution in [0.15, 0.2) is 30.5 Å². The van der Waals surface area contributed by atoms with Crippen molar-refractivity contribution in [3.05, 3.63) is 40.9 Å². The molecule has 16 heavy (non-hydrogen) atoms. The normalized spacial score (nSPS) is 11.0. The van der Waals surface area contributed by atoms with E-state index >= 15 is 0 Å². The van der Waals surface area contributed by atoms with Crippen molar-refractivity contribution in [3.8, 4) is 10.6 Å². The van der Waals surface area contributed by atoms with Crippen LogP contribution in [0.5, 0.6) is 0 Å². The molecule has 0 amide bonds. The molecule has 0 aliphatic rings. The lowest BCUT2D eigenvalue weighted by atomic mass is 10.0. The molecule has 1 heterocycles. The first-order valence-electron chi connectivity index (χ1n) is 5.75. The van der Waals surface area contributed by atoms with Crippen LogP contribution < -0.4 is 0 Å². The molecular weight excluding hydrogens is 214 g/mol. The molecule has 0 unspecified atom stereocenters. The third-order valence-electron chi connectivity index (χ3n) is 2.73. The van der Waals surface area contributed by atoms with Crippen molar-refractivity contribution in [2.45, 2.75) is 33.1 Å². The largest absolute Gasteiger partial charge is 0.244 e. The fourth-order valence-corrected chi connectivity index (χ4v) is 2.47. The smallest absolute Gasteiger partial charge is 0.123 e. The Balaban J connectivity index is 2.27. The van der Waals surface area contributed by atoms with Crippen LogP contribution in [-0.2, 0) is 6.42 Å². The van der Waals surface area contributed by atoms with E-state index in [9.17, 15) is 0 Å². The van der Waals surface area contributed by atoms with Crippen LogP contribution in [0.1, 0.15) is 37.1 Å². The van der Waals surface area contributed by atoms with Gasteiger partial charge < -0.3 is 0 Å². The summed E-state index contributed by atoms with van der Waals surface area (Å²) in [6, 6.07) is 8.75. The van der Waals surface area contributed by atoms with Crippen molar-refractivity contribution in [1.82, 2.24) is 4.98 Å². The molecule has 0 saturated heterocycles. The zero-order valence-electron chi connectivity index (χ0n) is 10.0. The summed E-state index contributed by atoms with van der Waals surface area (Å²) in [5.74, 6) is 0.594. The van der Waals surface area contributed by atoms with Gasteiger partial charge in [0, 0.05) is 16.6 Å². The van der Waals surface area contributed by atoms with Gasteiger partial charge in [-0.05, 0) is 17.9 Å². The lowest BCUT2D eigenvalue weighted by Crippen LogP contribution is -1.86. The summed E-state index contributed by atoms with van der Waals surface area (Å²) in [5, 5.41) is 1.13. The number of aryl methyl sites for hydroxylation is 1. The Labute approximate surface area is 101 Å². The Hall–Kier alpha value is -1.15. The van der Waals surface area contributed by atoms with Crippen LogP contribution in [0.3, 0.4) is 0 Å². The van der Waals surface area contributed by atoms with Gasteiger partial charge in [-0.3, -0.25) is 0 Å². The summed E-state index contributed by atoms with van der Waals surface area (Å²) in [6.07, 6.45) is 3.05. The van der Waals surface area contributed by atoms with Crippen LogP contribution in [0.4, 0.5) is 0 Å². The van der Waals surface area contributed by atoms with Gasteiger partial charge in [0.15, 0.2) is 0 Å². The van der Waals surface area contributed by atoms with E-state index in [1.54, 1.807) is 11.3 Å². The number of nitrogens with zero attached hydrogens (tertiary/aromatic N) is 1. The molecule has 0 aliphatic heterocycles. The fraction of sp³-hybridized carbons (Fsp3) is 0.357. The maximum atomic E-state index is 4.45. The molecule has 0 saturated carbocycles. The van der Waals surface area contributed by atoms with Crippen LogP contribution in [0.2, 0.25) is 0 Å². The maximum absolute atomic E-state index is 4.45. The van der Waals surface area contributed by atoms with Gasteiger partial charge in [0.1, 0.15) is 5.01 Å². The summed E-state index contributed by atoms with van der Waals surface area (Å²) in [5.41, 5.74) is 2.62. The summed E-state index contributed by atoms with van der Waals surface area (Å²) < 4.78 is 0. The maximum Gasteiger partial charge on any atom is 0.123 e. The second-order valence-corrected chi connectivity index (χ2v) is 5.38. The highest BCUT2D eigenvalue weighted by molar-refractivity contribution is 7.15. The first-order chi connectivity index (χ1) is 7.70. The minimum Gasteiger partial charge on any atom is -0.244 e. The summed E-state index contributed by atoms with van der Waals surface area (Å²) in [4.78, 5) is 5.80. The van der Waals surface area contributed by atoms with Crippen molar-refractivity contribution >= 4 is 11.3 Å². The predicted octanol–water partition coefficient (Wildman–Crippen LogP) is 4.50. The van der Waals surface area contributed by atoms with Gasteiger partial charge in [0.2, 0.25) is 0 Å². The van der Waals surface area contributed by atoms with Crippen LogP contribution in [0, 0.1) is 0 Å². The first kappa shape index (κ1) is 11.3. The molecule has 2 aromatic rings. The number of benzene rings is 1. The molecule has 0 bridgehead atoms. The van der Waals surface area contributed by atoms with Crippen LogP contribution in [-0.4, -0.2) is 4.98 Å². The molecule has 0 aliphatic carbocycles. The monoisotopic (exact) mass is 231 g/mol. The van der Waals surface area contributed by atoms with Gasteiger partial charge in [-0.15, -0.1) is 11.3 Å². The molecule has 1 aromatic carbocycles. The van der Waals surface area contributed by atoms with E-state index in [2.05, 4.69) is 50.0 Å². The molecule has 1 aromatic heterocycles. The van der Waals surface area contributed by atoms with Gasteiger partial charge in [-0.1, -0.05) is 45.0 Å². The van der Waals surface area contributed by atoms with Crippen molar-refractivity contribution < 1.29 is 0 Å². The molecule has 0 atom stereocenters. The van der Waals surface area contributed by atoms with E-state index in [0.717, 1.165) is 11.4 Å². The molecule has 84 valence electrons. The standard InChI is InChI=1S/C14H17NS/c1-4-13-9-15-14(16-13)12-7-5-11(6-8-12)10(2)3/h5-10H,4H2,1-3H3. The molecule has 1 nitrogen and oxygen atoms in total. The molecule has 2 rings (SSSR count). The Morgan fingerprint density at radius 1 is 1.19 bits per heavy atom. The second-order valence-electron chi connectivity index (χ2n) is 4.26. The van der Waals surface area contributed by atoms with E-state index in [0.29, 0.717) is 5.92 Å². The zero-order valence-corrected chi connectivity index (χ0v) is 10.8. The van der Waals surface area contributed by atoms with Gasteiger partial charge in [-0.2, -0.15) is 0 Å². The number of aromatic nitrogens is 1. The Kier molecular flexibility index (Phi) is 3.39.